The third-order valence-electron chi connectivity index (χ3n) is 3.94. The maximum atomic E-state index is 14.2. The highest BCUT2D eigenvalue weighted by molar-refractivity contribution is 5.57. The fraction of sp³-hybridized carbons (Fsp3) is 0. The van der Waals surface area contributed by atoms with Gasteiger partial charge in [0.05, 0.1) is 5.69 Å². The van der Waals surface area contributed by atoms with Gasteiger partial charge in [-0.15, -0.1) is 5.10 Å². The average Bonchev–Trinajstić information content (AvgIpc) is 3.00. The van der Waals surface area contributed by atoms with Crippen molar-refractivity contribution in [1.29, 1.82) is 0 Å². The molecule has 0 aliphatic carbocycles. The summed E-state index contributed by atoms with van der Waals surface area (Å²) in [6, 6.07) is 11.3. The van der Waals surface area contributed by atoms with Crippen LogP contribution in [-0.2, 0) is 0 Å². The zero-order valence-electron chi connectivity index (χ0n) is 13.7. The molecule has 134 valence electrons. The molecule has 0 bridgehead atoms. The molecule has 0 saturated carbocycles. The summed E-state index contributed by atoms with van der Waals surface area (Å²) in [5.74, 6) is -1.95. The Morgan fingerprint density at radius 2 is 1.48 bits per heavy atom. The molecule has 0 radical (unpaired) electrons. The van der Waals surface area contributed by atoms with Crippen molar-refractivity contribution in [3.8, 4) is 22.8 Å². The third kappa shape index (κ3) is 3.01. The maximum absolute atomic E-state index is 14.2. The SMILES string of the molecule is O=c1n(-c2ccc(F)cc2F)nc(-c2ccncc2)n1-c1ccc(F)cc1. The molecule has 0 amide bonds. The van der Waals surface area contributed by atoms with Crippen LogP contribution in [0.25, 0.3) is 22.8 Å². The topological polar surface area (TPSA) is 52.7 Å². The molecule has 0 unspecified atom stereocenters. The molecule has 8 heteroatoms. The van der Waals surface area contributed by atoms with Crippen LogP contribution in [-0.4, -0.2) is 19.3 Å². The predicted molar refractivity (Wildman–Crippen MR) is 92.3 cm³/mol. The second kappa shape index (κ2) is 6.56. The number of halogens is 3. The molecule has 5 nitrogen and oxygen atoms in total. The predicted octanol–water partition coefficient (Wildman–Crippen LogP) is 3.50. The fourth-order valence-corrected chi connectivity index (χ4v) is 2.69. The second-order valence-corrected chi connectivity index (χ2v) is 5.66. The number of rotatable bonds is 3. The molecular weight excluding hydrogens is 357 g/mol. The molecule has 4 aromatic rings. The molecule has 2 aromatic carbocycles. The van der Waals surface area contributed by atoms with Gasteiger partial charge in [0.2, 0.25) is 0 Å². The Labute approximate surface area is 151 Å². The number of hydrogen-bond donors (Lipinski definition) is 0. The molecule has 27 heavy (non-hydrogen) atoms. The molecule has 0 aliphatic rings. The van der Waals surface area contributed by atoms with E-state index in [0.717, 1.165) is 16.8 Å². The lowest BCUT2D eigenvalue weighted by Crippen LogP contribution is -2.23. The molecule has 2 aromatic heterocycles. The van der Waals surface area contributed by atoms with Crippen molar-refractivity contribution >= 4 is 0 Å². The van der Waals surface area contributed by atoms with E-state index in [1.165, 1.54) is 41.2 Å². The molecule has 0 atom stereocenters. The summed E-state index contributed by atoms with van der Waals surface area (Å²) in [6.07, 6.45) is 3.04. The summed E-state index contributed by atoms with van der Waals surface area (Å²) >= 11 is 0. The first kappa shape index (κ1) is 16.8. The Morgan fingerprint density at radius 1 is 0.815 bits per heavy atom. The van der Waals surface area contributed by atoms with Gasteiger partial charge < -0.3 is 0 Å². The molecule has 2 heterocycles. The highest BCUT2D eigenvalue weighted by Gasteiger charge is 2.20. The van der Waals surface area contributed by atoms with Crippen LogP contribution in [0.4, 0.5) is 13.2 Å². The first-order valence-corrected chi connectivity index (χ1v) is 7.88. The van der Waals surface area contributed by atoms with E-state index in [-0.39, 0.29) is 11.5 Å². The summed E-state index contributed by atoms with van der Waals surface area (Å²) in [6.45, 7) is 0. The Bertz CT molecular complexity index is 1170. The Kier molecular flexibility index (Phi) is 4.08. The summed E-state index contributed by atoms with van der Waals surface area (Å²) in [4.78, 5) is 16.9. The van der Waals surface area contributed by atoms with Gasteiger partial charge in [-0.1, -0.05) is 0 Å². The van der Waals surface area contributed by atoms with Crippen molar-refractivity contribution in [2.45, 2.75) is 0 Å². The van der Waals surface area contributed by atoms with Crippen LogP contribution in [0, 0.1) is 17.5 Å². The lowest BCUT2D eigenvalue weighted by Gasteiger charge is -2.05. The van der Waals surface area contributed by atoms with Crippen molar-refractivity contribution in [2.75, 3.05) is 0 Å². The van der Waals surface area contributed by atoms with Crippen molar-refractivity contribution in [2.24, 2.45) is 0 Å². The minimum absolute atomic E-state index is 0.197. The van der Waals surface area contributed by atoms with Gasteiger partial charge in [-0.2, -0.15) is 4.68 Å². The van der Waals surface area contributed by atoms with E-state index in [1.807, 2.05) is 0 Å². The van der Waals surface area contributed by atoms with Crippen LogP contribution < -0.4 is 5.69 Å². The Morgan fingerprint density at radius 3 is 2.15 bits per heavy atom. The van der Waals surface area contributed by atoms with E-state index >= 15 is 0 Å². The van der Waals surface area contributed by atoms with Crippen molar-refractivity contribution < 1.29 is 13.2 Å². The summed E-state index contributed by atoms with van der Waals surface area (Å²) in [7, 11) is 0. The van der Waals surface area contributed by atoms with Crippen LogP contribution in [0.2, 0.25) is 0 Å². The molecule has 0 spiro atoms. The number of pyridine rings is 1. The van der Waals surface area contributed by atoms with Gasteiger partial charge in [0.15, 0.2) is 11.6 Å². The maximum Gasteiger partial charge on any atom is 0.355 e. The van der Waals surface area contributed by atoms with Crippen LogP contribution in [0.3, 0.4) is 0 Å². The highest BCUT2D eigenvalue weighted by atomic mass is 19.1. The van der Waals surface area contributed by atoms with Gasteiger partial charge in [-0.3, -0.25) is 4.98 Å². The number of benzene rings is 2. The molecular formula is C19H11F3N4O. The van der Waals surface area contributed by atoms with Crippen LogP contribution >= 0.6 is 0 Å². The standard InChI is InChI=1S/C19H11F3N4O/c20-13-1-4-15(5-2-13)25-18(12-7-9-23-10-8-12)24-26(19(25)27)17-6-3-14(21)11-16(17)22/h1-11H. The molecule has 0 saturated heterocycles. The number of hydrogen-bond acceptors (Lipinski definition) is 3. The lowest BCUT2D eigenvalue weighted by atomic mass is 10.2. The Balaban J connectivity index is 2.00. The van der Waals surface area contributed by atoms with Gasteiger partial charge in [-0.25, -0.2) is 22.5 Å². The zero-order valence-corrected chi connectivity index (χ0v) is 13.7. The lowest BCUT2D eigenvalue weighted by molar-refractivity contribution is 0.572. The van der Waals surface area contributed by atoms with E-state index in [1.54, 1.807) is 12.1 Å². The van der Waals surface area contributed by atoms with Gasteiger partial charge in [-0.05, 0) is 48.5 Å². The molecule has 0 aliphatic heterocycles. The minimum Gasteiger partial charge on any atom is -0.265 e. The number of aromatic nitrogens is 4. The third-order valence-corrected chi connectivity index (χ3v) is 3.94. The van der Waals surface area contributed by atoms with E-state index < -0.39 is 23.1 Å². The largest absolute Gasteiger partial charge is 0.355 e. The summed E-state index contributed by atoms with van der Waals surface area (Å²) in [5.41, 5.74) is 0.0196. The Hall–Kier alpha value is -3.68. The van der Waals surface area contributed by atoms with Gasteiger partial charge in [0, 0.05) is 24.0 Å². The van der Waals surface area contributed by atoms with Gasteiger partial charge in [0.1, 0.15) is 17.3 Å². The van der Waals surface area contributed by atoms with Gasteiger partial charge in [0.25, 0.3) is 0 Å². The zero-order chi connectivity index (χ0) is 19.0. The van der Waals surface area contributed by atoms with E-state index in [9.17, 15) is 18.0 Å². The monoisotopic (exact) mass is 368 g/mol. The van der Waals surface area contributed by atoms with E-state index in [0.29, 0.717) is 17.3 Å². The van der Waals surface area contributed by atoms with Crippen molar-refractivity contribution in [3.63, 3.8) is 0 Å². The normalized spacial score (nSPS) is 10.9. The summed E-state index contributed by atoms with van der Waals surface area (Å²) in [5, 5.41) is 4.22. The minimum atomic E-state index is -0.929. The average molecular weight is 368 g/mol. The van der Waals surface area contributed by atoms with Crippen LogP contribution in [0.5, 0.6) is 0 Å². The quantitative estimate of drug-likeness (QED) is 0.556. The highest BCUT2D eigenvalue weighted by Crippen LogP contribution is 2.21. The van der Waals surface area contributed by atoms with E-state index in [4.69, 9.17) is 0 Å². The van der Waals surface area contributed by atoms with Crippen LogP contribution in [0.15, 0.2) is 71.8 Å². The smallest absolute Gasteiger partial charge is 0.265 e. The first-order chi connectivity index (χ1) is 13.0. The van der Waals surface area contributed by atoms with Gasteiger partial charge >= 0.3 is 5.69 Å². The number of nitrogens with zero attached hydrogens (tertiary/aromatic N) is 4. The first-order valence-electron chi connectivity index (χ1n) is 7.88. The summed E-state index contributed by atoms with van der Waals surface area (Å²) < 4.78 is 42.8. The van der Waals surface area contributed by atoms with Crippen molar-refractivity contribution in [1.82, 2.24) is 19.3 Å². The van der Waals surface area contributed by atoms with E-state index in [2.05, 4.69) is 10.1 Å². The molecule has 0 N–H and O–H groups in total. The molecule has 0 fully saturated rings. The fourth-order valence-electron chi connectivity index (χ4n) is 2.69. The van der Waals surface area contributed by atoms with Crippen LogP contribution in [0.1, 0.15) is 0 Å². The molecule has 4 rings (SSSR count). The second-order valence-electron chi connectivity index (χ2n) is 5.66. The van der Waals surface area contributed by atoms with Crippen molar-refractivity contribution in [3.05, 3.63) is 94.9 Å².